The number of carbonyl (C=O) groups excluding carboxylic acids is 1. The maximum atomic E-state index is 13.9. The van der Waals surface area contributed by atoms with Crippen molar-refractivity contribution in [1.29, 1.82) is 0 Å². The minimum atomic E-state index is -4.54. The number of hydrogen-bond donors (Lipinski definition) is 0. The van der Waals surface area contributed by atoms with E-state index >= 15 is 0 Å². The lowest BCUT2D eigenvalue weighted by Gasteiger charge is -2.35. The highest BCUT2D eigenvalue weighted by molar-refractivity contribution is 6.31. The summed E-state index contributed by atoms with van der Waals surface area (Å²) in [6, 6.07) is 5.44. The van der Waals surface area contributed by atoms with Gasteiger partial charge in [0.1, 0.15) is 12.4 Å². The van der Waals surface area contributed by atoms with E-state index in [9.17, 15) is 22.4 Å². The lowest BCUT2D eigenvalue weighted by atomic mass is 10.2. The van der Waals surface area contributed by atoms with Crippen molar-refractivity contribution >= 4 is 17.5 Å². The van der Waals surface area contributed by atoms with Gasteiger partial charge in [0.15, 0.2) is 5.69 Å². The summed E-state index contributed by atoms with van der Waals surface area (Å²) in [5.41, 5.74) is -0.325. The van der Waals surface area contributed by atoms with Gasteiger partial charge in [0.05, 0.1) is 0 Å². The van der Waals surface area contributed by atoms with Gasteiger partial charge in [-0.15, -0.1) is 0 Å². The van der Waals surface area contributed by atoms with Crippen molar-refractivity contribution in [1.82, 2.24) is 19.6 Å². The fourth-order valence-electron chi connectivity index (χ4n) is 3.10. The average molecular weight is 419 g/mol. The summed E-state index contributed by atoms with van der Waals surface area (Å²) in [4.78, 5) is 16.0. The third-order valence-corrected chi connectivity index (χ3v) is 5.08. The van der Waals surface area contributed by atoms with Gasteiger partial charge in [-0.05, 0) is 25.1 Å². The molecule has 0 saturated carbocycles. The van der Waals surface area contributed by atoms with Crippen LogP contribution in [-0.4, -0.2) is 51.7 Å². The monoisotopic (exact) mass is 418 g/mol. The van der Waals surface area contributed by atoms with E-state index in [0.29, 0.717) is 43.3 Å². The number of benzene rings is 1. The van der Waals surface area contributed by atoms with E-state index in [2.05, 4.69) is 5.10 Å². The van der Waals surface area contributed by atoms with E-state index in [0.717, 1.165) is 10.7 Å². The number of hydrogen-bond acceptors (Lipinski definition) is 3. The molecule has 0 atom stereocenters. The molecule has 28 heavy (non-hydrogen) atoms. The zero-order valence-corrected chi connectivity index (χ0v) is 15.9. The van der Waals surface area contributed by atoms with Crippen molar-refractivity contribution in [3.8, 4) is 0 Å². The Morgan fingerprint density at radius 3 is 2.46 bits per heavy atom. The molecule has 5 nitrogen and oxygen atoms in total. The van der Waals surface area contributed by atoms with Crippen molar-refractivity contribution in [3.63, 3.8) is 0 Å². The van der Waals surface area contributed by atoms with Crippen molar-refractivity contribution in [2.45, 2.75) is 26.2 Å². The average Bonchev–Trinajstić information content (AvgIpc) is 3.00. The Kier molecular flexibility index (Phi) is 5.95. The van der Waals surface area contributed by atoms with Gasteiger partial charge in [-0.25, -0.2) is 4.39 Å². The fourth-order valence-corrected chi connectivity index (χ4v) is 3.32. The molecule has 10 heteroatoms. The van der Waals surface area contributed by atoms with Crippen LogP contribution in [0.3, 0.4) is 0 Å². The highest BCUT2D eigenvalue weighted by Crippen LogP contribution is 2.28. The third-order valence-electron chi connectivity index (χ3n) is 4.73. The Labute approximate surface area is 164 Å². The number of alkyl halides is 3. The Morgan fingerprint density at radius 1 is 1.21 bits per heavy atom. The second kappa shape index (κ2) is 8.08. The number of piperazine rings is 1. The molecule has 0 spiro atoms. The topological polar surface area (TPSA) is 41.4 Å². The van der Waals surface area contributed by atoms with E-state index in [-0.39, 0.29) is 24.0 Å². The molecule has 1 aliphatic heterocycles. The van der Waals surface area contributed by atoms with Crippen LogP contribution in [0.4, 0.5) is 17.6 Å². The van der Waals surface area contributed by atoms with Gasteiger partial charge in [0.25, 0.3) is 0 Å². The number of halogens is 5. The minimum Gasteiger partial charge on any atom is -0.339 e. The summed E-state index contributed by atoms with van der Waals surface area (Å²) in [6.07, 6.45) is -4.54. The summed E-state index contributed by atoms with van der Waals surface area (Å²) in [6.45, 7) is 3.40. The Bertz CT molecular complexity index is 840. The molecule has 0 bridgehead atoms. The predicted octanol–water partition coefficient (Wildman–Crippen LogP) is 3.35. The fraction of sp³-hybridized carbons (Fsp3) is 0.444. The highest BCUT2D eigenvalue weighted by Gasteiger charge is 2.34. The first-order valence-electron chi connectivity index (χ1n) is 8.70. The Balaban J connectivity index is 1.56. The van der Waals surface area contributed by atoms with E-state index in [1.54, 1.807) is 17.0 Å². The van der Waals surface area contributed by atoms with Crippen LogP contribution >= 0.6 is 11.6 Å². The molecule has 1 saturated heterocycles. The summed E-state index contributed by atoms with van der Waals surface area (Å²) >= 11 is 6.05. The molecule has 3 rings (SSSR count). The zero-order chi connectivity index (χ0) is 20.5. The van der Waals surface area contributed by atoms with Gasteiger partial charge in [0, 0.05) is 49.0 Å². The molecular formula is C18H19ClF4N4O. The Morgan fingerprint density at radius 2 is 1.89 bits per heavy atom. The van der Waals surface area contributed by atoms with Crippen LogP contribution in [-0.2, 0) is 24.1 Å². The van der Waals surface area contributed by atoms with Crippen molar-refractivity contribution < 1.29 is 22.4 Å². The molecule has 0 N–H and O–H groups in total. The van der Waals surface area contributed by atoms with Crippen molar-refractivity contribution in [2.24, 2.45) is 0 Å². The summed E-state index contributed by atoms with van der Waals surface area (Å²) in [7, 11) is 0. The van der Waals surface area contributed by atoms with Crippen molar-refractivity contribution in [2.75, 3.05) is 26.2 Å². The number of aromatic nitrogens is 2. The Hall–Kier alpha value is -2.13. The van der Waals surface area contributed by atoms with Crippen LogP contribution in [0.15, 0.2) is 24.3 Å². The van der Waals surface area contributed by atoms with Crippen LogP contribution < -0.4 is 0 Å². The van der Waals surface area contributed by atoms with E-state index in [4.69, 9.17) is 11.6 Å². The molecule has 0 radical (unpaired) electrons. The van der Waals surface area contributed by atoms with E-state index in [1.165, 1.54) is 13.0 Å². The normalized spacial score (nSPS) is 15.9. The SMILES string of the molecule is Cc1cc(C(F)(F)F)nn1CC(=O)N1CCN(Cc2c(F)cccc2Cl)CC1. The molecule has 1 aliphatic rings. The van der Waals surface area contributed by atoms with Gasteiger partial charge in [-0.2, -0.15) is 18.3 Å². The van der Waals surface area contributed by atoms with Gasteiger partial charge in [-0.3, -0.25) is 14.4 Å². The van der Waals surface area contributed by atoms with Gasteiger partial charge < -0.3 is 4.90 Å². The second-order valence-corrected chi connectivity index (χ2v) is 7.09. The predicted molar refractivity (Wildman–Crippen MR) is 95.2 cm³/mol. The molecule has 0 unspecified atom stereocenters. The standard InChI is InChI=1S/C18H19ClF4N4O/c1-12-9-16(18(21,22)23)24-27(12)11-17(28)26-7-5-25(6-8-26)10-13-14(19)3-2-4-15(13)20/h2-4,9H,5-8,10-11H2,1H3. The summed E-state index contributed by atoms with van der Waals surface area (Å²) in [5, 5.41) is 3.84. The van der Waals surface area contributed by atoms with Gasteiger partial charge in [-0.1, -0.05) is 17.7 Å². The highest BCUT2D eigenvalue weighted by atomic mass is 35.5. The molecule has 2 aromatic rings. The molecule has 1 aromatic carbocycles. The lowest BCUT2D eigenvalue weighted by molar-refractivity contribution is -0.142. The minimum absolute atomic E-state index is 0.249. The van der Waals surface area contributed by atoms with Crippen molar-refractivity contribution in [3.05, 3.63) is 52.1 Å². The maximum absolute atomic E-state index is 13.9. The largest absolute Gasteiger partial charge is 0.435 e. The molecule has 0 aliphatic carbocycles. The van der Waals surface area contributed by atoms with Crippen LogP contribution in [0.2, 0.25) is 5.02 Å². The first-order valence-corrected chi connectivity index (χ1v) is 9.07. The van der Waals surface area contributed by atoms with Gasteiger partial charge >= 0.3 is 6.18 Å². The molecule has 152 valence electrons. The quantitative estimate of drug-likeness (QED) is 0.715. The molecule has 2 heterocycles. The van der Waals surface area contributed by atoms with E-state index < -0.39 is 11.9 Å². The molecular weight excluding hydrogens is 400 g/mol. The van der Waals surface area contributed by atoms with Crippen LogP contribution in [0, 0.1) is 12.7 Å². The summed E-state index contributed by atoms with van der Waals surface area (Å²) < 4.78 is 53.2. The van der Waals surface area contributed by atoms with E-state index in [1.807, 2.05) is 4.90 Å². The third kappa shape index (κ3) is 4.64. The number of nitrogens with zero attached hydrogens (tertiary/aromatic N) is 4. The molecule has 1 fully saturated rings. The first kappa shape index (κ1) is 20.6. The van der Waals surface area contributed by atoms with Crippen LogP contribution in [0.5, 0.6) is 0 Å². The number of aryl methyl sites for hydroxylation is 1. The number of amides is 1. The molecule has 1 aromatic heterocycles. The number of carbonyl (C=O) groups is 1. The zero-order valence-electron chi connectivity index (χ0n) is 15.1. The lowest BCUT2D eigenvalue weighted by Crippen LogP contribution is -2.49. The van der Waals surface area contributed by atoms with Crippen LogP contribution in [0.1, 0.15) is 17.0 Å². The van der Waals surface area contributed by atoms with Crippen LogP contribution in [0.25, 0.3) is 0 Å². The maximum Gasteiger partial charge on any atom is 0.435 e. The molecule has 1 amide bonds. The van der Waals surface area contributed by atoms with Gasteiger partial charge in [0.2, 0.25) is 5.91 Å². The first-order chi connectivity index (χ1) is 13.1. The number of rotatable bonds is 4. The summed E-state index contributed by atoms with van der Waals surface area (Å²) in [5.74, 6) is -0.677. The smallest absolute Gasteiger partial charge is 0.339 e. The second-order valence-electron chi connectivity index (χ2n) is 6.68.